The summed E-state index contributed by atoms with van der Waals surface area (Å²) in [6.07, 6.45) is 0.0681. The number of hydrogen-bond acceptors (Lipinski definition) is 3. The highest BCUT2D eigenvalue weighted by Gasteiger charge is 2.39. The molecule has 0 spiro atoms. The summed E-state index contributed by atoms with van der Waals surface area (Å²) in [7, 11) is 0. The van der Waals surface area contributed by atoms with Crippen LogP contribution in [0.3, 0.4) is 0 Å². The van der Waals surface area contributed by atoms with Crippen molar-refractivity contribution in [3.63, 3.8) is 0 Å². The lowest BCUT2D eigenvalue weighted by atomic mass is 9.98. The molecule has 1 heterocycles. The van der Waals surface area contributed by atoms with E-state index in [1.54, 1.807) is 0 Å². The number of rotatable bonds is 4. The topological polar surface area (TPSA) is 46.6 Å². The molecule has 4 nitrogen and oxygen atoms in total. The summed E-state index contributed by atoms with van der Waals surface area (Å²) in [4.78, 5) is 26.1. The summed E-state index contributed by atoms with van der Waals surface area (Å²) in [6.45, 7) is 2.07. The normalized spacial score (nSPS) is 18.6. The third-order valence-corrected chi connectivity index (χ3v) is 4.18. The minimum Gasteiger partial charge on any atom is -0.447 e. The molecule has 1 fully saturated rings. The standard InChI is InChI=1S/C19H19NO3/c1-14(16-10-6-3-7-11-16)18(21)20-17(13-23-19(20)22)12-15-8-4-2-5-9-15/h2-11,14,17H,12-13H2,1H3/t14-,17+/m1/s1. The number of cyclic esters (lactones) is 1. The lowest BCUT2D eigenvalue weighted by molar-refractivity contribution is -0.130. The lowest BCUT2D eigenvalue weighted by Crippen LogP contribution is -2.42. The zero-order valence-corrected chi connectivity index (χ0v) is 13.0. The molecular formula is C19H19NO3. The molecule has 23 heavy (non-hydrogen) atoms. The van der Waals surface area contributed by atoms with E-state index in [-0.39, 0.29) is 24.5 Å². The van der Waals surface area contributed by atoms with Gasteiger partial charge < -0.3 is 4.74 Å². The Kier molecular flexibility index (Phi) is 4.42. The number of carbonyl (C=O) groups is 2. The van der Waals surface area contributed by atoms with Gasteiger partial charge in [0.15, 0.2) is 0 Å². The van der Waals surface area contributed by atoms with Gasteiger partial charge in [-0.2, -0.15) is 0 Å². The van der Waals surface area contributed by atoms with E-state index < -0.39 is 6.09 Å². The van der Waals surface area contributed by atoms with Crippen molar-refractivity contribution in [3.8, 4) is 0 Å². The Morgan fingerprint density at radius 3 is 2.39 bits per heavy atom. The van der Waals surface area contributed by atoms with Crippen molar-refractivity contribution < 1.29 is 14.3 Å². The third kappa shape index (κ3) is 3.26. The molecule has 3 rings (SSSR count). The molecule has 2 atom stereocenters. The average Bonchev–Trinajstić information content (AvgIpc) is 2.95. The van der Waals surface area contributed by atoms with E-state index in [0.717, 1.165) is 11.1 Å². The van der Waals surface area contributed by atoms with Crippen molar-refractivity contribution >= 4 is 12.0 Å². The Labute approximate surface area is 135 Å². The second-order valence-corrected chi connectivity index (χ2v) is 5.76. The van der Waals surface area contributed by atoms with Gasteiger partial charge in [0, 0.05) is 0 Å². The molecule has 118 valence electrons. The van der Waals surface area contributed by atoms with E-state index in [1.165, 1.54) is 4.90 Å². The Balaban J connectivity index is 1.78. The molecule has 0 aliphatic carbocycles. The van der Waals surface area contributed by atoms with Crippen LogP contribution in [0.25, 0.3) is 0 Å². The van der Waals surface area contributed by atoms with Crippen molar-refractivity contribution in [1.29, 1.82) is 0 Å². The summed E-state index contributed by atoms with van der Waals surface area (Å²) >= 11 is 0. The van der Waals surface area contributed by atoms with Crippen LogP contribution in [0.15, 0.2) is 60.7 Å². The third-order valence-electron chi connectivity index (χ3n) is 4.18. The van der Waals surface area contributed by atoms with E-state index in [0.29, 0.717) is 6.42 Å². The van der Waals surface area contributed by atoms with Crippen molar-refractivity contribution in [2.45, 2.75) is 25.3 Å². The van der Waals surface area contributed by atoms with E-state index in [1.807, 2.05) is 67.6 Å². The maximum Gasteiger partial charge on any atom is 0.417 e. The van der Waals surface area contributed by atoms with Crippen LogP contribution >= 0.6 is 0 Å². The summed E-state index contributed by atoms with van der Waals surface area (Å²) in [5.74, 6) is -0.584. The lowest BCUT2D eigenvalue weighted by Gasteiger charge is -2.23. The summed E-state index contributed by atoms with van der Waals surface area (Å²) in [6, 6.07) is 19.1. The highest BCUT2D eigenvalue weighted by atomic mass is 16.6. The smallest absolute Gasteiger partial charge is 0.417 e. The minimum atomic E-state index is -0.543. The van der Waals surface area contributed by atoms with Crippen LogP contribution in [-0.4, -0.2) is 29.5 Å². The molecule has 0 radical (unpaired) electrons. The van der Waals surface area contributed by atoms with Gasteiger partial charge in [0.25, 0.3) is 0 Å². The molecule has 1 aliphatic rings. The number of ether oxygens (including phenoxy) is 1. The van der Waals surface area contributed by atoms with Gasteiger partial charge in [-0.05, 0) is 24.5 Å². The molecule has 0 aromatic heterocycles. The Morgan fingerprint density at radius 2 is 1.74 bits per heavy atom. The largest absolute Gasteiger partial charge is 0.447 e. The molecular weight excluding hydrogens is 290 g/mol. The van der Waals surface area contributed by atoms with Crippen molar-refractivity contribution in [3.05, 3.63) is 71.8 Å². The maximum absolute atomic E-state index is 12.8. The fourth-order valence-corrected chi connectivity index (χ4v) is 2.86. The predicted molar refractivity (Wildman–Crippen MR) is 87.0 cm³/mol. The monoisotopic (exact) mass is 309 g/mol. The summed E-state index contributed by atoms with van der Waals surface area (Å²) < 4.78 is 5.12. The van der Waals surface area contributed by atoms with Gasteiger partial charge in [-0.3, -0.25) is 4.79 Å². The van der Waals surface area contributed by atoms with Crippen LogP contribution in [0.2, 0.25) is 0 Å². The number of amides is 2. The van der Waals surface area contributed by atoms with Crippen molar-refractivity contribution in [2.24, 2.45) is 0 Å². The first-order chi connectivity index (χ1) is 11.2. The fourth-order valence-electron chi connectivity index (χ4n) is 2.86. The Hall–Kier alpha value is -2.62. The molecule has 2 aromatic rings. The maximum atomic E-state index is 12.8. The quantitative estimate of drug-likeness (QED) is 0.870. The highest BCUT2D eigenvalue weighted by Crippen LogP contribution is 2.24. The first kappa shape index (κ1) is 15.3. The van der Waals surface area contributed by atoms with Gasteiger partial charge in [-0.25, -0.2) is 9.69 Å². The molecule has 0 bridgehead atoms. The van der Waals surface area contributed by atoms with Gasteiger partial charge in [0.05, 0.1) is 12.0 Å². The van der Waals surface area contributed by atoms with Gasteiger partial charge in [-0.15, -0.1) is 0 Å². The van der Waals surface area contributed by atoms with Crippen LogP contribution in [-0.2, 0) is 16.0 Å². The molecule has 2 amide bonds. The zero-order valence-electron chi connectivity index (χ0n) is 13.0. The van der Waals surface area contributed by atoms with Crippen LogP contribution in [0.5, 0.6) is 0 Å². The SMILES string of the molecule is C[C@@H](C(=O)N1C(=O)OC[C@@H]1Cc1ccccc1)c1ccccc1. The number of benzene rings is 2. The first-order valence-corrected chi connectivity index (χ1v) is 7.75. The van der Waals surface area contributed by atoms with Crippen molar-refractivity contribution in [2.75, 3.05) is 6.61 Å². The fraction of sp³-hybridized carbons (Fsp3) is 0.263. The van der Waals surface area contributed by atoms with E-state index in [9.17, 15) is 9.59 Å². The first-order valence-electron chi connectivity index (χ1n) is 7.75. The predicted octanol–water partition coefficient (Wildman–Crippen LogP) is 3.38. The van der Waals surface area contributed by atoms with Crippen LogP contribution in [0.4, 0.5) is 4.79 Å². The van der Waals surface area contributed by atoms with Gasteiger partial charge >= 0.3 is 6.09 Å². The van der Waals surface area contributed by atoms with Gasteiger partial charge in [0.1, 0.15) is 6.61 Å². The van der Waals surface area contributed by atoms with E-state index in [4.69, 9.17) is 4.74 Å². The van der Waals surface area contributed by atoms with Crippen molar-refractivity contribution in [1.82, 2.24) is 4.90 Å². The molecule has 1 saturated heterocycles. The number of carbonyl (C=O) groups excluding carboxylic acids is 2. The summed E-state index contributed by atoms with van der Waals surface area (Å²) in [5, 5.41) is 0. The molecule has 0 unspecified atom stereocenters. The van der Waals surface area contributed by atoms with Crippen LogP contribution in [0.1, 0.15) is 24.0 Å². The average molecular weight is 309 g/mol. The number of hydrogen-bond donors (Lipinski definition) is 0. The number of imide groups is 1. The van der Waals surface area contributed by atoms with Crippen LogP contribution < -0.4 is 0 Å². The van der Waals surface area contributed by atoms with Crippen LogP contribution in [0, 0.1) is 0 Å². The van der Waals surface area contributed by atoms with Gasteiger partial charge in [0.2, 0.25) is 5.91 Å². The number of nitrogens with zero attached hydrogens (tertiary/aromatic N) is 1. The second kappa shape index (κ2) is 6.65. The van der Waals surface area contributed by atoms with Gasteiger partial charge in [-0.1, -0.05) is 60.7 Å². The Bertz CT molecular complexity index is 684. The summed E-state index contributed by atoms with van der Waals surface area (Å²) in [5.41, 5.74) is 1.98. The Morgan fingerprint density at radius 1 is 1.13 bits per heavy atom. The molecule has 0 N–H and O–H groups in total. The zero-order chi connectivity index (χ0) is 16.2. The molecule has 0 saturated carbocycles. The van der Waals surface area contributed by atoms with E-state index >= 15 is 0 Å². The highest BCUT2D eigenvalue weighted by molar-refractivity contribution is 5.97. The minimum absolute atomic E-state index is 0.209. The second-order valence-electron chi connectivity index (χ2n) is 5.76. The molecule has 1 aliphatic heterocycles. The molecule has 2 aromatic carbocycles. The molecule has 4 heteroatoms. The van der Waals surface area contributed by atoms with E-state index in [2.05, 4.69) is 0 Å².